The number of nitrogens with zero attached hydrogens (tertiary/aromatic N) is 4. The van der Waals surface area contributed by atoms with E-state index in [2.05, 4.69) is 20.3 Å². The van der Waals surface area contributed by atoms with E-state index < -0.39 is 24.6 Å². The van der Waals surface area contributed by atoms with Crippen molar-refractivity contribution < 1.29 is 19.4 Å². The molecule has 0 spiro atoms. The Morgan fingerprint density at radius 1 is 1.12 bits per heavy atom. The SMILES string of the molecule is Nc1cccc(Sc2ncnc3c2ncn3C(CC(=O)O)NC(=O)OCc2ccccc2)c1. The normalized spacial score (nSPS) is 11.8. The Balaban J connectivity index is 1.55. The van der Waals surface area contributed by atoms with Crippen LogP contribution in [0.15, 0.2) is 77.2 Å². The highest BCUT2D eigenvalue weighted by Crippen LogP contribution is 2.31. The lowest BCUT2D eigenvalue weighted by Gasteiger charge is -2.18. The molecule has 0 saturated carbocycles. The fraction of sp³-hybridized carbons (Fsp3) is 0.136. The summed E-state index contributed by atoms with van der Waals surface area (Å²) in [7, 11) is 0. The van der Waals surface area contributed by atoms with Crippen LogP contribution in [0.2, 0.25) is 0 Å². The molecule has 10 nitrogen and oxygen atoms in total. The van der Waals surface area contributed by atoms with Crippen molar-refractivity contribution in [1.29, 1.82) is 0 Å². The number of nitrogens with two attached hydrogens (primary N) is 1. The second-order valence-electron chi connectivity index (χ2n) is 7.00. The maximum Gasteiger partial charge on any atom is 0.409 e. The first-order valence-corrected chi connectivity index (χ1v) is 10.7. The predicted octanol–water partition coefficient (Wildman–Crippen LogP) is 3.46. The van der Waals surface area contributed by atoms with Crippen LogP contribution in [0.4, 0.5) is 10.5 Å². The molecule has 168 valence electrons. The number of fused-ring (bicyclic) bond motifs is 1. The maximum atomic E-state index is 12.4. The Hall–Kier alpha value is -4.12. The van der Waals surface area contributed by atoms with E-state index in [0.717, 1.165) is 10.5 Å². The number of hydrogen-bond donors (Lipinski definition) is 3. The van der Waals surface area contributed by atoms with Crippen molar-refractivity contribution in [3.05, 3.63) is 72.8 Å². The van der Waals surface area contributed by atoms with Crippen LogP contribution in [0.25, 0.3) is 11.2 Å². The van der Waals surface area contributed by atoms with Gasteiger partial charge in [0.1, 0.15) is 29.6 Å². The molecule has 4 aromatic rings. The summed E-state index contributed by atoms with van der Waals surface area (Å²) in [5.74, 6) is -1.10. The van der Waals surface area contributed by atoms with Gasteiger partial charge in [-0.05, 0) is 23.8 Å². The van der Waals surface area contributed by atoms with Crippen LogP contribution < -0.4 is 11.1 Å². The number of benzene rings is 2. The second kappa shape index (κ2) is 10.0. The number of carboxylic acids is 1. The summed E-state index contributed by atoms with van der Waals surface area (Å²) >= 11 is 1.35. The third-order valence-corrected chi connectivity index (χ3v) is 5.58. The number of hydrogen-bond acceptors (Lipinski definition) is 8. The van der Waals surface area contributed by atoms with Crippen LogP contribution in [-0.2, 0) is 16.1 Å². The van der Waals surface area contributed by atoms with Gasteiger partial charge in [-0.1, -0.05) is 48.2 Å². The molecule has 0 fully saturated rings. The molecule has 0 aliphatic rings. The van der Waals surface area contributed by atoms with Crippen LogP contribution in [0.5, 0.6) is 0 Å². The lowest BCUT2D eigenvalue weighted by atomic mass is 10.2. The number of imidazole rings is 1. The minimum atomic E-state index is -1.10. The van der Waals surface area contributed by atoms with Gasteiger partial charge < -0.3 is 20.9 Å². The zero-order valence-corrected chi connectivity index (χ0v) is 18.1. The molecule has 0 aliphatic heterocycles. The number of rotatable bonds is 8. The number of aliphatic carboxylic acids is 1. The summed E-state index contributed by atoms with van der Waals surface area (Å²) in [5.41, 5.74) is 8.13. The first-order chi connectivity index (χ1) is 16.0. The molecule has 1 atom stereocenters. The number of carbonyl (C=O) groups is 2. The quantitative estimate of drug-likeness (QED) is 0.263. The number of carbonyl (C=O) groups excluding carboxylic acids is 1. The average Bonchev–Trinajstić information content (AvgIpc) is 3.23. The molecule has 4 rings (SSSR count). The molecule has 2 aromatic carbocycles. The Kier molecular flexibility index (Phi) is 6.69. The summed E-state index contributed by atoms with van der Waals surface area (Å²) in [6, 6.07) is 16.5. The zero-order valence-electron chi connectivity index (χ0n) is 17.3. The topological polar surface area (TPSA) is 145 Å². The number of anilines is 1. The van der Waals surface area contributed by atoms with Crippen molar-refractivity contribution in [3.63, 3.8) is 0 Å². The van der Waals surface area contributed by atoms with Crippen LogP contribution in [0.3, 0.4) is 0 Å². The monoisotopic (exact) mass is 464 g/mol. The van der Waals surface area contributed by atoms with Crippen molar-refractivity contribution in [2.45, 2.75) is 29.1 Å². The van der Waals surface area contributed by atoms with Crippen LogP contribution >= 0.6 is 11.8 Å². The summed E-state index contributed by atoms with van der Waals surface area (Å²) in [6.45, 7) is 0.0559. The molecule has 0 bridgehead atoms. The highest BCUT2D eigenvalue weighted by molar-refractivity contribution is 7.99. The van der Waals surface area contributed by atoms with Gasteiger partial charge in [0.05, 0.1) is 12.7 Å². The van der Waals surface area contributed by atoms with Gasteiger partial charge in [0.25, 0.3) is 0 Å². The van der Waals surface area contributed by atoms with Crippen LogP contribution in [-0.4, -0.2) is 36.7 Å². The number of aromatic nitrogens is 4. The second-order valence-corrected chi connectivity index (χ2v) is 8.06. The smallest absolute Gasteiger partial charge is 0.409 e. The molecule has 11 heteroatoms. The number of ether oxygens (including phenoxy) is 1. The Morgan fingerprint density at radius 2 is 1.94 bits per heavy atom. The molecule has 0 aliphatic carbocycles. The van der Waals surface area contributed by atoms with Gasteiger partial charge in [0.15, 0.2) is 5.65 Å². The van der Waals surface area contributed by atoms with Gasteiger partial charge in [0.2, 0.25) is 0 Å². The summed E-state index contributed by atoms with van der Waals surface area (Å²) in [6.07, 6.45) is 0.675. The van der Waals surface area contributed by atoms with Crippen LogP contribution in [0, 0.1) is 0 Å². The third kappa shape index (κ3) is 5.57. The zero-order chi connectivity index (χ0) is 23.2. The Labute approximate surface area is 192 Å². The molecular formula is C22H20N6O4S. The molecule has 0 saturated heterocycles. The first kappa shape index (κ1) is 22.1. The van der Waals surface area contributed by atoms with Gasteiger partial charge >= 0.3 is 12.1 Å². The van der Waals surface area contributed by atoms with E-state index in [1.807, 2.05) is 48.5 Å². The largest absolute Gasteiger partial charge is 0.481 e. The van der Waals surface area contributed by atoms with Crippen LogP contribution in [0.1, 0.15) is 18.2 Å². The molecule has 4 N–H and O–H groups in total. The van der Waals surface area contributed by atoms with Gasteiger partial charge in [-0.15, -0.1) is 0 Å². The lowest BCUT2D eigenvalue weighted by Crippen LogP contribution is -2.34. The molecule has 2 heterocycles. The third-order valence-electron chi connectivity index (χ3n) is 4.60. The first-order valence-electron chi connectivity index (χ1n) is 9.89. The van der Waals surface area contributed by atoms with E-state index >= 15 is 0 Å². The molecule has 2 aromatic heterocycles. The standard InChI is InChI=1S/C22H20N6O4S/c23-15-7-4-8-16(9-15)33-21-19-20(24-12-25-21)28(13-26-19)17(10-18(29)30)27-22(31)32-11-14-5-2-1-3-6-14/h1-9,12-13,17H,10-11,23H2,(H,27,31)(H,29,30). The molecule has 0 radical (unpaired) electrons. The lowest BCUT2D eigenvalue weighted by molar-refractivity contribution is -0.138. The molecule has 1 amide bonds. The predicted molar refractivity (Wildman–Crippen MR) is 121 cm³/mol. The minimum absolute atomic E-state index is 0.0559. The Morgan fingerprint density at radius 3 is 2.70 bits per heavy atom. The van der Waals surface area contributed by atoms with E-state index in [4.69, 9.17) is 10.5 Å². The van der Waals surface area contributed by atoms with E-state index in [1.54, 1.807) is 6.07 Å². The van der Waals surface area contributed by atoms with E-state index in [9.17, 15) is 14.7 Å². The minimum Gasteiger partial charge on any atom is -0.481 e. The van der Waals surface area contributed by atoms with Crippen molar-refractivity contribution in [1.82, 2.24) is 24.8 Å². The fourth-order valence-electron chi connectivity index (χ4n) is 3.11. The fourth-order valence-corrected chi connectivity index (χ4v) is 4.01. The molecular weight excluding hydrogens is 444 g/mol. The maximum absolute atomic E-state index is 12.4. The van der Waals surface area contributed by atoms with E-state index in [0.29, 0.717) is 21.9 Å². The van der Waals surface area contributed by atoms with Gasteiger partial charge in [-0.25, -0.2) is 19.7 Å². The van der Waals surface area contributed by atoms with Crippen molar-refractivity contribution in [2.75, 3.05) is 5.73 Å². The summed E-state index contributed by atoms with van der Waals surface area (Å²) in [4.78, 5) is 37.6. The molecule has 1 unspecified atom stereocenters. The number of amides is 1. The van der Waals surface area contributed by atoms with Crippen molar-refractivity contribution in [2.24, 2.45) is 0 Å². The highest BCUT2D eigenvalue weighted by atomic mass is 32.2. The molecule has 33 heavy (non-hydrogen) atoms. The van der Waals surface area contributed by atoms with Gasteiger partial charge in [-0.2, -0.15) is 0 Å². The summed E-state index contributed by atoms with van der Waals surface area (Å²) < 4.78 is 6.72. The number of alkyl carbamates (subject to hydrolysis) is 1. The number of nitrogens with one attached hydrogen (secondary N) is 1. The Bertz CT molecular complexity index is 1280. The average molecular weight is 465 g/mol. The highest BCUT2D eigenvalue weighted by Gasteiger charge is 2.22. The van der Waals surface area contributed by atoms with E-state index in [1.165, 1.54) is 29.0 Å². The van der Waals surface area contributed by atoms with Crippen molar-refractivity contribution in [3.8, 4) is 0 Å². The van der Waals surface area contributed by atoms with Gasteiger partial charge in [-0.3, -0.25) is 9.36 Å². The number of nitrogen functional groups attached to an aromatic ring is 1. The van der Waals surface area contributed by atoms with Gasteiger partial charge in [0, 0.05) is 10.6 Å². The summed E-state index contributed by atoms with van der Waals surface area (Å²) in [5, 5.41) is 12.5. The van der Waals surface area contributed by atoms with E-state index in [-0.39, 0.29) is 6.61 Å². The number of carboxylic acid groups (broad SMARTS) is 1. The van der Waals surface area contributed by atoms with Crippen molar-refractivity contribution >= 4 is 40.7 Å².